The Balaban J connectivity index is 2.72. The SMILES string of the molecule is CC(C)(C)S(=O)(=O)CCOc1ccc(Cl)cc1CCN. The van der Waals surface area contributed by atoms with Gasteiger partial charge in [-0.2, -0.15) is 0 Å². The molecular weight excluding hydrogens is 298 g/mol. The number of halogens is 1. The number of benzene rings is 1. The molecule has 4 nitrogen and oxygen atoms in total. The standard InChI is InChI=1S/C14H22ClNO3S/c1-14(2,3)20(17,18)9-8-19-13-5-4-12(15)10-11(13)6-7-16/h4-5,10H,6-9,16H2,1-3H3. The summed E-state index contributed by atoms with van der Waals surface area (Å²) in [5.74, 6) is 0.630. The van der Waals surface area contributed by atoms with E-state index in [0.717, 1.165) is 5.56 Å². The van der Waals surface area contributed by atoms with Crippen molar-refractivity contribution < 1.29 is 13.2 Å². The molecular formula is C14H22ClNO3S. The number of sulfone groups is 1. The third-order valence-corrected chi connectivity index (χ3v) is 5.78. The van der Waals surface area contributed by atoms with Gasteiger partial charge in [0.15, 0.2) is 9.84 Å². The van der Waals surface area contributed by atoms with E-state index in [2.05, 4.69) is 0 Å². The molecule has 0 saturated carbocycles. The van der Waals surface area contributed by atoms with E-state index in [1.54, 1.807) is 39.0 Å². The highest BCUT2D eigenvalue weighted by Crippen LogP contribution is 2.24. The van der Waals surface area contributed by atoms with E-state index >= 15 is 0 Å². The molecule has 0 aliphatic rings. The second-order valence-electron chi connectivity index (χ2n) is 5.57. The zero-order chi connectivity index (χ0) is 15.4. The minimum absolute atomic E-state index is 0.0127. The minimum Gasteiger partial charge on any atom is -0.492 e. The predicted octanol–water partition coefficient (Wildman–Crippen LogP) is 2.43. The summed E-state index contributed by atoms with van der Waals surface area (Å²) in [5.41, 5.74) is 6.44. The van der Waals surface area contributed by atoms with Gasteiger partial charge < -0.3 is 10.5 Å². The normalized spacial score (nSPS) is 12.4. The van der Waals surface area contributed by atoms with Crippen LogP contribution in [0.5, 0.6) is 5.75 Å². The Bertz CT molecular complexity index is 550. The summed E-state index contributed by atoms with van der Waals surface area (Å²) in [6.45, 7) is 5.66. The summed E-state index contributed by atoms with van der Waals surface area (Å²) in [5, 5.41) is 0.614. The average molecular weight is 320 g/mol. The van der Waals surface area contributed by atoms with Crippen molar-refractivity contribution >= 4 is 21.4 Å². The summed E-state index contributed by atoms with van der Waals surface area (Å²) < 4.78 is 28.8. The summed E-state index contributed by atoms with van der Waals surface area (Å²) in [6, 6.07) is 5.26. The lowest BCUT2D eigenvalue weighted by molar-refractivity contribution is 0.336. The third kappa shape index (κ3) is 4.65. The van der Waals surface area contributed by atoms with Gasteiger partial charge in [-0.1, -0.05) is 11.6 Å². The monoisotopic (exact) mass is 319 g/mol. The second-order valence-corrected chi connectivity index (χ2v) is 8.87. The van der Waals surface area contributed by atoms with Crippen LogP contribution in [-0.4, -0.2) is 32.1 Å². The van der Waals surface area contributed by atoms with Crippen molar-refractivity contribution in [2.45, 2.75) is 31.9 Å². The predicted molar refractivity (Wildman–Crippen MR) is 83.2 cm³/mol. The highest BCUT2D eigenvalue weighted by molar-refractivity contribution is 7.92. The fraction of sp³-hybridized carbons (Fsp3) is 0.571. The second kappa shape index (κ2) is 6.78. The lowest BCUT2D eigenvalue weighted by Gasteiger charge is -2.19. The van der Waals surface area contributed by atoms with E-state index in [0.29, 0.717) is 23.7 Å². The first-order valence-corrected chi connectivity index (χ1v) is 8.54. The molecule has 0 atom stereocenters. The molecule has 1 aromatic carbocycles. The molecule has 0 heterocycles. The van der Waals surface area contributed by atoms with Crippen LogP contribution >= 0.6 is 11.6 Å². The molecule has 2 N–H and O–H groups in total. The van der Waals surface area contributed by atoms with Crippen LogP contribution in [0, 0.1) is 0 Å². The van der Waals surface area contributed by atoms with Crippen molar-refractivity contribution in [3.05, 3.63) is 28.8 Å². The summed E-state index contributed by atoms with van der Waals surface area (Å²) in [6.07, 6.45) is 0.641. The Kier molecular flexibility index (Phi) is 5.86. The molecule has 0 amide bonds. The Hall–Kier alpha value is -0.780. The lowest BCUT2D eigenvalue weighted by atomic mass is 10.1. The van der Waals surface area contributed by atoms with Gasteiger partial charge in [0.2, 0.25) is 0 Å². The van der Waals surface area contributed by atoms with Crippen molar-refractivity contribution in [2.75, 3.05) is 18.9 Å². The molecule has 0 aliphatic carbocycles. The molecule has 6 heteroatoms. The van der Waals surface area contributed by atoms with Gasteiger partial charge in [-0.25, -0.2) is 8.42 Å². The Morgan fingerprint density at radius 1 is 1.30 bits per heavy atom. The smallest absolute Gasteiger partial charge is 0.158 e. The van der Waals surface area contributed by atoms with Gasteiger partial charge in [-0.3, -0.25) is 0 Å². The van der Waals surface area contributed by atoms with Crippen LogP contribution in [0.25, 0.3) is 0 Å². The topological polar surface area (TPSA) is 69.4 Å². The van der Waals surface area contributed by atoms with Crippen LogP contribution in [0.15, 0.2) is 18.2 Å². The maximum Gasteiger partial charge on any atom is 0.158 e. The fourth-order valence-corrected chi connectivity index (χ4v) is 2.72. The highest BCUT2D eigenvalue weighted by atomic mass is 35.5. The van der Waals surface area contributed by atoms with Gasteiger partial charge in [-0.15, -0.1) is 0 Å². The molecule has 0 fully saturated rings. The van der Waals surface area contributed by atoms with Crippen LogP contribution in [0.1, 0.15) is 26.3 Å². The Labute approximate surface area is 126 Å². The van der Waals surface area contributed by atoms with Crippen molar-refractivity contribution in [3.8, 4) is 5.75 Å². The van der Waals surface area contributed by atoms with E-state index in [-0.39, 0.29) is 12.4 Å². The average Bonchev–Trinajstić information content (AvgIpc) is 2.30. The van der Waals surface area contributed by atoms with Crippen LogP contribution in [0.3, 0.4) is 0 Å². The van der Waals surface area contributed by atoms with Crippen molar-refractivity contribution in [1.82, 2.24) is 0 Å². The summed E-state index contributed by atoms with van der Waals surface area (Å²) in [7, 11) is -3.18. The lowest BCUT2D eigenvalue weighted by Crippen LogP contribution is -2.32. The zero-order valence-corrected chi connectivity index (χ0v) is 13.7. The van der Waals surface area contributed by atoms with Gasteiger partial charge in [0.1, 0.15) is 12.4 Å². The van der Waals surface area contributed by atoms with E-state index in [1.165, 1.54) is 0 Å². The minimum atomic E-state index is -3.18. The molecule has 0 aromatic heterocycles. The maximum absolute atomic E-state index is 12.0. The van der Waals surface area contributed by atoms with E-state index in [1.807, 2.05) is 0 Å². The zero-order valence-electron chi connectivity index (χ0n) is 12.1. The molecule has 114 valence electrons. The molecule has 1 aromatic rings. The number of ether oxygens (including phenoxy) is 1. The quantitative estimate of drug-likeness (QED) is 0.874. The van der Waals surface area contributed by atoms with Gasteiger partial charge in [-0.05, 0) is 57.5 Å². The first-order chi connectivity index (χ1) is 9.17. The Morgan fingerprint density at radius 2 is 1.95 bits per heavy atom. The molecule has 0 spiro atoms. The van der Waals surface area contributed by atoms with Crippen molar-refractivity contribution in [2.24, 2.45) is 5.73 Å². The molecule has 0 saturated heterocycles. The van der Waals surface area contributed by atoms with Gasteiger partial charge in [0, 0.05) is 5.02 Å². The molecule has 0 bridgehead atoms. The van der Waals surface area contributed by atoms with Crippen LogP contribution < -0.4 is 10.5 Å². The van der Waals surface area contributed by atoms with Crippen LogP contribution in [0.4, 0.5) is 0 Å². The fourth-order valence-electron chi connectivity index (χ4n) is 1.61. The Morgan fingerprint density at radius 3 is 2.50 bits per heavy atom. The molecule has 0 radical (unpaired) electrons. The number of hydrogen-bond acceptors (Lipinski definition) is 4. The molecule has 0 unspecified atom stereocenters. The highest BCUT2D eigenvalue weighted by Gasteiger charge is 2.28. The molecule has 0 aliphatic heterocycles. The first-order valence-electron chi connectivity index (χ1n) is 6.51. The number of rotatable bonds is 6. The van der Waals surface area contributed by atoms with Crippen molar-refractivity contribution in [3.63, 3.8) is 0 Å². The van der Waals surface area contributed by atoms with Gasteiger partial charge in [0.25, 0.3) is 0 Å². The third-order valence-electron chi connectivity index (χ3n) is 2.98. The summed E-state index contributed by atoms with van der Waals surface area (Å²) >= 11 is 5.93. The van der Waals surface area contributed by atoms with Gasteiger partial charge >= 0.3 is 0 Å². The van der Waals surface area contributed by atoms with E-state index < -0.39 is 14.6 Å². The number of nitrogens with two attached hydrogens (primary N) is 1. The maximum atomic E-state index is 12.0. The van der Waals surface area contributed by atoms with Crippen LogP contribution in [-0.2, 0) is 16.3 Å². The van der Waals surface area contributed by atoms with E-state index in [9.17, 15) is 8.42 Å². The molecule has 1 rings (SSSR count). The van der Waals surface area contributed by atoms with Gasteiger partial charge in [0.05, 0.1) is 10.5 Å². The first kappa shape index (κ1) is 17.3. The summed E-state index contributed by atoms with van der Waals surface area (Å²) in [4.78, 5) is 0. The largest absolute Gasteiger partial charge is 0.492 e. The molecule has 20 heavy (non-hydrogen) atoms. The van der Waals surface area contributed by atoms with E-state index in [4.69, 9.17) is 22.1 Å². The van der Waals surface area contributed by atoms with Crippen LogP contribution in [0.2, 0.25) is 5.02 Å². The van der Waals surface area contributed by atoms with Crippen molar-refractivity contribution in [1.29, 1.82) is 0 Å². The number of hydrogen-bond donors (Lipinski definition) is 1.